The van der Waals surface area contributed by atoms with Crippen LogP contribution in [0.5, 0.6) is 5.75 Å². The van der Waals surface area contributed by atoms with E-state index in [1.807, 2.05) is 0 Å². The number of aldehydes is 1. The van der Waals surface area contributed by atoms with Gasteiger partial charge in [-0.05, 0) is 17.7 Å². The molecule has 19 heavy (non-hydrogen) atoms. The molecule has 0 bridgehead atoms. The summed E-state index contributed by atoms with van der Waals surface area (Å²) in [5, 5.41) is 9.83. The molecule has 0 heterocycles. The number of carbonyl (C=O) groups excluding carboxylic acids is 1. The van der Waals surface area contributed by atoms with E-state index in [0.29, 0.717) is 6.29 Å². The highest BCUT2D eigenvalue weighted by molar-refractivity contribution is 5.86. The molecule has 0 saturated carbocycles. The minimum Gasteiger partial charge on any atom is -0.507 e. The van der Waals surface area contributed by atoms with Gasteiger partial charge in [0.15, 0.2) is 6.29 Å². The van der Waals surface area contributed by atoms with Crippen molar-refractivity contribution in [2.75, 3.05) is 0 Å². The molecule has 0 atom stereocenters. The summed E-state index contributed by atoms with van der Waals surface area (Å²) in [6.07, 6.45) is -4.13. The summed E-state index contributed by atoms with van der Waals surface area (Å²) in [4.78, 5) is 10.7. The second-order valence-corrected chi connectivity index (χ2v) is 3.90. The average molecular weight is 266 g/mol. The first-order valence-electron chi connectivity index (χ1n) is 5.39. The highest BCUT2D eigenvalue weighted by Gasteiger charge is 2.33. The summed E-state index contributed by atoms with van der Waals surface area (Å²) < 4.78 is 38.7. The van der Waals surface area contributed by atoms with Crippen molar-refractivity contribution in [2.24, 2.45) is 0 Å². The molecule has 5 heteroatoms. The molecule has 0 aromatic heterocycles. The normalized spacial score (nSPS) is 11.3. The third-order valence-electron chi connectivity index (χ3n) is 2.72. The largest absolute Gasteiger partial charge is 0.507 e. The Kier molecular flexibility index (Phi) is 3.29. The lowest BCUT2D eigenvalue weighted by Gasteiger charge is -2.14. The van der Waals surface area contributed by atoms with Crippen LogP contribution < -0.4 is 0 Å². The molecule has 0 saturated heterocycles. The summed E-state index contributed by atoms with van der Waals surface area (Å²) in [7, 11) is 0. The summed E-state index contributed by atoms with van der Waals surface area (Å²) in [6, 6.07) is 9.00. The van der Waals surface area contributed by atoms with Gasteiger partial charge in [-0.15, -0.1) is 0 Å². The van der Waals surface area contributed by atoms with E-state index in [4.69, 9.17) is 0 Å². The van der Waals surface area contributed by atoms with Crippen LogP contribution in [0.25, 0.3) is 11.1 Å². The van der Waals surface area contributed by atoms with Gasteiger partial charge in [0.1, 0.15) is 5.75 Å². The monoisotopic (exact) mass is 266 g/mol. The van der Waals surface area contributed by atoms with E-state index in [0.717, 1.165) is 6.07 Å². The third-order valence-corrected chi connectivity index (χ3v) is 2.72. The predicted octanol–water partition coefficient (Wildman–Crippen LogP) is 3.89. The highest BCUT2D eigenvalue weighted by Crippen LogP contribution is 2.40. The Morgan fingerprint density at radius 2 is 1.58 bits per heavy atom. The molecular formula is C14H9F3O2. The molecule has 2 rings (SSSR count). The molecule has 0 unspecified atom stereocenters. The summed E-state index contributed by atoms with van der Waals surface area (Å²) in [5.74, 6) is -0.450. The number of hydrogen-bond donors (Lipinski definition) is 1. The van der Waals surface area contributed by atoms with Crippen LogP contribution in [-0.2, 0) is 6.18 Å². The Morgan fingerprint density at radius 1 is 0.947 bits per heavy atom. The maximum absolute atomic E-state index is 12.9. The fourth-order valence-electron chi connectivity index (χ4n) is 1.84. The molecule has 2 nitrogen and oxygen atoms in total. The summed E-state index contributed by atoms with van der Waals surface area (Å²) in [6.45, 7) is 0. The van der Waals surface area contributed by atoms with Crippen LogP contribution in [0.2, 0.25) is 0 Å². The average Bonchev–Trinajstić information content (AvgIpc) is 2.38. The van der Waals surface area contributed by atoms with Gasteiger partial charge in [0.25, 0.3) is 0 Å². The molecule has 0 amide bonds. The van der Waals surface area contributed by atoms with Crippen LogP contribution in [0.15, 0.2) is 42.5 Å². The number of para-hydroxylation sites is 1. The van der Waals surface area contributed by atoms with E-state index < -0.39 is 17.5 Å². The van der Waals surface area contributed by atoms with Gasteiger partial charge in [-0.25, -0.2) is 0 Å². The maximum atomic E-state index is 12.9. The molecule has 0 aliphatic rings. The number of aromatic hydroxyl groups is 1. The number of alkyl halides is 3. The van der Waals surface area contributed by atoms with Crippen molar-refractivity contribution < 1.29 is 23.1 Å². The molecule has 1 N–H and O–H groups in total. The SMILES string of the molecule is O=Cc1cccc(-c2ccccc2C(F)(F)F)c1O. The Balaban J connectivity index is 2.70. The molecule has 98 valence electrons. The molecular weight excluding hydrogens is 257 g/mol. The Hall–Kier alpha value is -2.30. The molecule has 2 aromatic rings. The number of phenolic OH excluding ortho intramolecular Hbond substituents is 1. The third kappa shape index (κ3) is 2.45. The first-order chi connectivity index (χ1) is 8.95. The zero-order valence-corrected chi connectivity index (χ0v) is 9.61. The standard InChI is InChI=1S/C14H9F3O2/c15-14(16,17)12-7-2-1-5-10(12)11-6-3-4-9(8-18)13(11)19/h1-8,19H. The molecule has 0 aliphatic heterocycles. The zero-order chi connectivity index (χ0) is 14.0. The second kappa shape index (κ2) is 4.76. The van der Waals surface area contributed by atoms with Gasteiger partial charge < -0.3 is 5.11 Å². The quantitative estimate of drug-likeness (QED) is 0.837. The number of benzene rings is 2. The van der Waals surface area contributed by atoms with Crippen molar-refractivity contribution in [3.8, 4) is 16.9 Å². The van der Waals surface area contributed by atoms with Crippen molar-refractivity contribution in [3.63, 3.8) is 0 Å². The number of halogens is 3. The second-order valence-electron chi connectivity index (χ2n) is 3.90. The molecule has 0 fully saturated rings. The van der Waals surface area contributed by atoms with Gasteiger partial charge in [0.05, 0.1) is 11.1 Å². The number of phenols is 1. The van der Waals surface area contributed by atoms with Crippen LogP contribution in [0.4, 0.5) is 13.2 Å². The van der Waals surface area contributed by atoms with E-state index in [1.165, 1.54) is 36.4 Å². The smallest absolute Gasteiger partial charge is 0.417 e. The minimum atomic E-state index is -4.53. The highest BCUT2D eigenvalue weighted by atomic mass is 19.4. The minimum absolute atomic E-state index is 0.0162. The van der Waals surface area contributed by atoms with E-state index in [9.17, 15) is 23.1 Å². The molecule has 0 spiro atoms. The molecule has 0 aliphatic carbocycles. The van der Waals surface area contributed by atoms with Crippen molar-refractivity contribution in [3.05, 3.63) is 53.6 Å². The van der Waals surface area contributed by atoms with E-state index in [2.05, 4.69) is 0 Å². The van der Waals surface area contributed by atoms with Crippen LogP contribution in [-0.4, -0.2) is 11.4 Å². The van der Waals surface area contributed by atoms with E-state index in [-0.39, 0.29) is 16.7 Å². The number of carbonyl (C=O) groups is 1. The predicted molar refractivity (Wildman–Crippen MR) is 63.9 cm³/mol. The van der Waals surface area contributed by atoms with Crippen LogP contribution in [0, 0.1) is 0 Å². The van der Waals surface area contributed by atoms with Gasteiger partial charge in [-0.1, -0.05) is 30.3 Å². The Morgan fingerprint density at radius 3 is 2.21 bits per heavy atom. The molecule has 2 aromatic carbocycles. The lowest BCUT2D eigenvalue weighted by atomic mass is 9.97. The number of hydrogen-bond acceptors (Lipinski definition) is 2. The number of rotatable bonds is 2. The van der Waals surface area contributed by atoms with Crippen LogP contribution in [0.1, 0.15) is 15.9 Å². The zero-order valence-electron chi connectivity index (χ0n) is 9.61. The van der Waals surface area contributed by atoms with Gasteiger partial charge >= 0.3 is 6.18 Å². The Bertz CT molecular complexity index is 618. The first kappa shape index (κ1) is 13.1. The topological polar surface area (TPSA) is 37.3 Å². The van der Waals surface area contributed by atoms with Gasteiger partial charge in [0, 0.05) is 5.56 Å². The van der Waals surface area contributed by atoms with Crippen molar-refractivity contribution in [2.45, 2.75) is 6.18 Å². The van der Waals surface area contributed by atoms with Crippen molar-refractivity contribution in [1.29, 1.82) is 0 Å². The Labute approximate surface area is 107 Å². The maximum Gasteiger partial charge on any atom is 0.417 e. The lowest BCUT2D eigenvalue weighted by molar-refractivity contribution is -0.137. The van der Waals surface area contributed by atoms with Crippen molar-refractivity contribution in [1.82, 2.24) is 0 Å². The first-order valence-corrected chi connectivity index (χ1v) is 5.39. The lowest BCUT2D eigenvalue weighted by Crippen LogP contribution is -2.07. The molecule has 0 radical (unpaired) electrons. The van der Waals surface area contributed by atoms with Crippen LogP contribution >= 0.6 is 0 Å². The summed E-state index contributed by atoms with van der Waals surface area (Å²) >= 11 is 0. The van der Waals surface area contributed by atoms with Gasteiger partial charge in [-0.2, -0.15) is 13.2 Å². The van der Waals surface area contributed by atoms with Gasteiger partial charge in [-0.3, -0.25) is 4.79 Å². The van der Waals surface area contributed by atoms with Crippen LogP contribution in [0.3, 0.4) is 0 Å². The van der Waals surface area contributed by atoms with E-state index in [1.54, 1.807) is 0 Å². The van der Waals surface area contributed by atoms with Gasteiger partial charge in [0.2, 0.25) is 0 Å². The fourth-order valence-corrected chi connectivity index (χ4v) is 1.84. The van der Waals surface area contributed by atoms with Crippen molar-refractivity contribution >= 4 is 6.29 Å². The fraction of sp³-hybridized carbons (Fsp3) is 0.0714. The summed E-state index contributed by atoms with van der Waals surface area (Å²) in [5.41, 5.74) is -1.07. The van der Waals surface area contributed by atoms with E-state index >= 15 is 0 Å².